The molecule has 0 aliphatic carbocycles. The second kappa shape index (κ2) is 5.17. The molecule has 0 unspecified atom stereocenters. The van der Waals surface area contributed by atoms with Crippen LogP contribution in [0, 0.1) is 13.8 Å². The van der Waals surface area contributed by atoms with Crippen LogP contribution in [-0.2, 0) is 6.54 Å². The van der Waals surface area contributed by atoms with Gasteiger partial charge in [0.25, 0.3) is 0 Å². The maximum Gasteiger partial charge on any atom is 0.193 e. The van der Waals surface area contributed by atoms with Crippen LogP contribution in [0.4, 0.5) is 0 Å². The summed E-state index contributed by atoms with van der Waals surface area (Å²) in [6.07, 6.45) is 1.15. The molecule has 4 nitrogen and oxygen atoms in total. The highest BCUT2D eigenvalue weighted by atomic mass is 15.3. The van der Waals surface area contributed by atoms with Gasteiger partial charge in [0.15, 0.2) is 5.96 Å². The van der Waals surface area contributed by atoms with Crippen LogP contribution in [0.15, 0.2) is 17.1 Å². The highest BCUT2D eigenvalue weighted by Crippen LogP contribution is 2.05. The van der Waals surface area contributed by atoms with Crippen LogP contribution in [-0.4, -0.2) is 36.0 Å². The van der Waals surface area contributed by atoms with Gasteiger partial charge in [0.05, 0.1) is 0 Å². The van der Waals surface area contributed by atoms with Crippen molar-refractivity contribution in [3.63, 3.8) is 0 Å². The lowest BCUT2D eigenvalue weighted by Crippen LogP contribution is -2.41. The molecule has 4 heteroatoms. The number of nitrogens with zero attached hydrogens (tertiary/aromatic N) is 3. The molecule has 1 N–H and O–H groups in total. The van der Waals surface area contributed by atoms with Gasteiger partial charge in [-0.25, -0.2) is 0 Å². The van der Waals surface area contributed by atoms with Gasteiger partial charge in [0, 0.05) is 38.1 Å². The second-order valence-electron chi connectivity index (χ2n) is 4.59. The van der Waals surface area contributed by atoms with Crippen LogP contribution in [0.5, 0.6) is 0 Å². The molecule has 0 bridgehead atoms. The SMILES string of the molecule is Cc1cc(CNC2=NCCCN2C)cc(C)n1. The minimum Gasteiger partial charge on any atom is -0.352 e. The molecule has 1 aromatic heterocycles. The Morgan fingerprint density at radius 2 is 2.00 bits per heavy atom. The predicted molar refractivity (Wildman–Crippen MR) is 70.1 cm³/mol. The lowest BCUT2D eigenvalue weighted by Gasteiger charge is -2.25. The van der Waals surface area contributed by atoms with E-state index in [-0.39, 0.29) is 0 Å². The van der Waals surface area contributed by atoms with E-state index in [0.29, 0.717) is 0 Å². The largest absolute Gasteiger partial charge is 0.352 e. The van der Waals surface area contributed by atoms with Crippen LogP contribution < -0.4 is 5.32 Å². The summed E-state index contributed by atoms with van der Waals surface area (Å²) in [4.78, 5) is 11.0. The number of pyridine rings is 1. The highest BCUT2D eigenvalue weighted by Gasteiger charge is 2.10. The third kappa shape index (κ3) is 3.19. The van der Waals surface area contributed by atoms with E-state index in [1.54, 1.807) is 0 Å². The highest BCUT2D eigenvalue weighted by molar-refractivity contribution is 5.80. The molecule has 0 amide bonds. The van der Waals surface area contributed by atoms with Gasteiger partial charge in [-0.2, -0.15) is 0 Å². The zero-order valence-corrected chi connectivity index (χ0v) is 10.8. The van der Waals surface area contributed by atoms with E-state index in [1.807, 2.05) is 13.8 Å². The maximum absolute atomic E-state index is 4.49. The van der Waals surface area contributed by atoms with E-state index in [0.717, 1.165) is 43.4 Å². The van der Waals surface area contributed by atoms with E-state index in [4.69, 9.17) is 0 Å². The molecule has 1 aromatic rings. The second-order valence-corrected chi connectivity index (χ2v) is 4.59. The lowest BCUT2D eigenvalue weighted by atomic mass is 10.2. The molecule has 2 heterocycles. The standard InChI is InChI=1S/C13H20N4/c1-10-7-12(8-11(2)16-10)9-15-13-14-5-4-6-17(13)3/h7-8H,4-6,9H2,1-3H3,(H,14,15). The fourth-order valence-corrected chi connectivity index (χ4v) is 2.11. The number of nitrogens with one attached hydrogen (secondary N) is 1. The first-order valence-corrected chi connectivity index (χ1v) is 6.09. The molecule has 92 valence electrons. The Morgan fingerprint density at radius 3 is 2.65 bits per heavy atom. The monoisotopic (exact) mass is 232 g/mol. The van der Waals surface area contributed by atoms with Crippen LogP contribution in [0.2, 0.25) is 0 Å². The number of guanidine groups is 1. The minimum absolute atomic E-state index is 0.813. The smallest absolute Gasteiger partial charge is 0.193 e. The number of aromatic nitrogens is 1. The minimum atomic E-state index is 0.813. The third-order valence-corrected chi connectivity index (χ3v) is 2.87. The van der Waals surface area contributed by atoms with Crippen LogP contribution >= 0.6 is 0 Å². The van der Waals surface area contributed by atoms with Crippen molar-refractivity contribution in [2.75, 3.05) is 20.1 Å². The van der Waals surface area contributed by atoms with Gasteiger partial charge in [0.1, 0.15) is 0 Å². The molecular formula is C13H20N4. The zero-order valence-electron chi connectivity index (χ0n) is 10.8. The third-order valence-electron chi connectivity index (χ3n) is 2.87. The van der Waals surface area contributed by atoms with Gasteiger partial charge in [0.2, 0.25) is 0 Å². The normalized spacial score (nSPS) is 15.7. The van der Waals surface area contributed by atoms with E-state index in [1.165, 1.54) is 5.56 Å². The molecule has 17 heavy (non-hydrogen) atoms. The van der Waals surface area contributed by atoms with Crippen molar-refractivity contribution in [1.29, 1.82) is 0 Å². The van der Waals surface area contributed by atoms with E-state index in [2.05, 4.69) is 39.4 Å². The van der Waals surface area contributed by atoms with Crippen LogP contribution in [0.25, 0.3) is 0 Å². The maximum atomic E-state index is 4.49. The van der Waals surface area contributed by atoms with Crippen molar-refractivity contribution in [3.05, 3.63) is 29.1 Å². The molecule has 0 radical (unpaired) electrons. The van der Waals surface area contributed by atoms with E-state index < -0.39 is 0 Å². The summed E-state index contributed by atoms with van der Waals surface area (Å²) in [7, 11) is 2.08. The van der Waals surface area contributed by atoms with Crippen LogP contribution in [0.3, 0.4) is 0 Å². The van der Waals surface area contributed by atoms with Gasteiger partial charge < -0.3 is 10.2 Å². The van der Waals surface area contributed by atoms with Gasteiger partial charge in [-0.3, -0.25) is 9.98 Å². The van der Waals surface area contributed by atoms with Crippen molar-refractivity contribution in [1.82, 2.24) is 15.2 Å². The number of hydrogen-bond donors (Lipinski definition) is 1. The van der Waals surface area contributed by atoms with E-state index in [9.17, 15) is 0 Å². The average Bonchev–Trinajstić information content (AvgIpc) is 2.27. The Labute approximate surface area is 103 Å². The van der Waals surface area contributed by atoms with Crippen molar-refractivity contribution in [3.8, 4) is 0 Å². The Hall–Kier alpha value is -1.58. The molecule has 0 saturated carbocycles. The number of aryl methyl sites for hydroxylation is 2. The summed E-state index contributed by atoms with van der Waals surface area (Å²) in [5.41, 5.74) is 3.40. The summed E-state index contributed by atoms with van der Waals surface area (Å²) in [6, 6.07) is 4.23. The Kier molecular flexibility index (Phi) is 3.61. The van der Waals surface area contributed by atoms with Gasteiger partial charge in [-0.15, -0.1) is 0 Å². The van der Waals surface area contributed by atoms with Crippen LogP contribution in [0.1, 0.15) is 23.4 Å². The molecule has 0 spiro atoms. The predicted octanol–water partition coefficient (Wildman–Crippen LogP) is 1.48. The fraction of sp³-hybridized carbons (Fsp3) is 0.538. The lowest BCUT2D eigenvalue weighted by molar-refractivity contribution is 0.446. The van der Waals surface area contributed by atoms with Gasteiger partial charge >= 0.3 is 0 Å². The quantitative estimate of drug-likeness (QED) is 0.839. The first kappa shape index (κ1) is 11.9. The zero-order chi connectivity index (χ0) is 12.3. The van der Waals surface area contributed by atoms with Crippen molar-refractivity contribution in [2.24, 2.45) is 4.99 Å². The first-order chi connectivity index (χ1) is 8.15. The Morgan fingerprint density at radius 1 is 1.29 bits per heavy atom. The molecule has 0 fully saturated rings. The molecule has 2 rings (SSSR count). The van der Waals surface area contributed by atoms with Gasteiger partial charge in [-0.05, 0) is 38.0 Å². The number of rotatable bonds is 2. The molecule has 1 aliphatic rings. The average molecular weight is 232 g/mol. The molecule has 0 saturated heterocycles. The number of hydrogen-bond acceptors (Lipinski definition) is 4. The summed E-state index contributed by atoms with van der Waals surface area (Å²) in [5.74, 6) is 1.00. The number of aliphatic imine (C=N–C) groups is 1. The summed E-state index contributed by atoms with van der Waals surface area (Å²) < 4.78 is 0. The topological polar surface area (TPSA) is 40.5 Å². The summed E-state index contributed by atoms with van der Waals surface area (Å²) in [5, 5.41) is 3.39. The van der Waals surface area contributed by atoms with Crippen molar-refractivity contribution < 1.29 is 0 Å². The van der Waals surface area contributed by atoms with E-state index >= 15 is 0 Å². The fourth-order valence-electron chi connectivity index (χ4n) is 2.11. The first-order valence-electron chi connectivity index (χ1n) is 6.09. The molecule has 0 aromatic carbocycles. The van der Waals surface area contributed by atoms with Gasteiger partial charge in [-0.1, -0.05) is 0 Å². The summed E-state index contributed by atoms with van der Waals surface area (Å²) in [6.45, 7) is 6.89. The molecular weight excluding hydrogens is 212 g/mol. The molecule has 0 atom stereocenters. The molecule has 1 aliphatic heterocycles. The van der Waals surface area contributed by atoms with Crippen molar-refractivity contribution >= 4 is 5.96 Å². The van der Waals surface area contributed by atoms with Crippen molar-refractivity contribution in [2.45, 2.75) is 26.8 Å². The Balaban J connectivity index is 1.99. The Bertz CT molecular complexity index is 405. The summed E-state index contributed by atoms with van der Waals surface area (Å²) >= 11 is 0.